The van der Waals surface area contributed by atoms with E-state index in [0.29, 0.717) is 22.5 Å². The van der Waals surface area contributed by atoms with Crippen molar-refractivity contribution in [1.29, 1.82) is 0 Å². The number of halogens is 3. The van der Waals surface area contributed by atoms with Crippen LogP contribution >= 0.6 is 55.7 Å². The van der Waals surface area contributed by atoms with Crippen LogP contribution in [0.5, 0.6) is 0 Å². The van der Waals surface area contributed by atoms with Gasteiger partial charge in [-0.1, -0.05) is 11.6 Å². The summed E-state index contributed by atoms with van der Waals surface area (Å²) < 4.78 is 7.60. The van der Waals surface area contributed by atoms with Gasteiger partial charge in [0.1, 0.15) is 17.3 Å². The van der Waals surface area contributed by atoms with Crippen LogP contribution in [0.15, 0.2) is 55.8 Å². The summed E-state index contributed by atoms with van der Waals surface area (Å²) in [6.07, 6.45) is 0. The third-order valence-corrected chi connectivity index (χ3v) is 5.46. The molecule has 26 heavy (non-hydrogen) atoms. The summed E-state index contributed by atoms with van der Waals surface area (Å²) in [5.74, 6) is 2.22. The summed E-state index contributed by atoms with van der Waals surface area (Å²) in [6.45, 7) is 2.38. The first-order valence-corrected chi connectivity index (χ1v) is 10.0. The highest BCUT2D eigenvalue weighted by molar-refractivity contribution is 9.11. The molecule has 0 atom stereocenters. The molecular weight excluding hydrogens is 502 g/mol. The molecule has 1 aromatic carbocycles. The molecule has 4 nitrogen and oxygen atoms in total. The smallest absolute Gasteiger partial charge is 0.172 e. The van der Waals surface area contributed by atoms with Gasteiger partial charge >= 0.3 is 0 Å². The number of hydrogen-bond acceptors (Lipinski definition) is 3. The van der Waals surface area contributed by atoms with Crippen LogP contribution in [-0.4, -0.2) is 10.1 Å². The van der Waals surface area contributed by atoms with Gasteiger partial charge in [-0.25, -0.2) is 4.98 Å². The molecule has 8 heteroatoms. The zero-order valence-electron chi connectivity index (χ0n) is 13.6. The fraction of sp³-hybridized carbons (Fsp3) is 0.111. The van der Waals surface area contributed by atoms with Gasteiger partial charge in [-0.3, -0.25) is 0 Å². The second kappa shape index (κ2) is 8.52. The lowest BCUT2D eigenvalue weighted by Crippen LogP contribution is -2.28. The number of nitrogens with zero attached hydrogens (tertiary/aromatic N) is 1. The third-order valence-electron chi connectivity index (χ3n) is 3.55. The van der Waals surface area contributed by atoms with Gasteiger partial charge in [-0.05, 0) is 93.5 Å². The molecule has 0 saturated carbocycles. The van der Waals surface area contributed by atoms with Crippen molar-refractivity contribution in [1.82, 2.24) is 10.3 Å². The Morgan fingerprint density at radius 2 is 1.88 bits per heavy atom. The van der Waals surface area contributed by atoms with Gasteiger partial charge in [0.25, 0.3) is 0 Å². The standard InChI is InChI=1S/C18H14Br2ClN3OS/c1-10-14(19)8-15(20)17(23-10)24-18(26)22-9-13-6-7-16(25-13)11-2-4-12(21)5-3-11/h2-8H,9H2,1H3,(H2,22,23,24,26). The summed E-state index contributed by atoms with van der Waals surface area (Å²) >= 11 is 18.2. The first kappa shape index (κ1) is 19.4. The Kier molecular flexibility index (Phi) is 6.34. The minimum Gasteiger partial charge on any atom is -0.459 e. The average molecular weight is 516 g/mol. The van der Waals surface area contributed by atoms with Gasteiger partial charge in [-0.2, -0.15) is 0 Å². The van der Waals surface area contributed by atoms with E-state index in [-0.39, 0.29) is 0 Å². The van der Waals surface area contributed by atoms with Crippen molar-refractivity contribution >= 4 is 66.6 Å². The lowest BCUT2D eigenvalue weighted by atomic mass is 10.2. The van der Waals surface area contributed by atoms with Gasteiger partial charge in [0.05, 0.1) is 16.7 Å². The van der Waals surface area contributed by atoms with Crippen molar-refractivity contribution in [3.8, 4) is 11.3 Å². The van der Waals surface area contributed by atoms with Crippen LogP contribution in [0, 0.1) is 6.92 Å². The number of furan rings is 1. The molecular formula is C18H14Br2ClN3OS. The molecule has 2 aromatic heterocycles. The monoisotopic (exact) mass is 513 g/mol. The number of hydrogen-bond donors (Lipinski definition) is 2. The van der Waals surface area contributed by atoms with E-state index >= 15 is 0 Å². The number of anilines is 1. The highest BCUT2D eigenvalue weighted by Gasteiger charge is 2.09. The van der Waals surface area contributed by atoms with E-state index in [2.05, 4.69) is 47.5 Å². The second-order valence-electron chi connectivity index (χ2n) is 5.47. The molecule has 3 rings (SSSR count). The van der Waals surface area contributed by atoms with Crippen molar-refractivity contribution in [2.24, 2.45) is 0 Å². The molecule has 0 fully saturated rings. The number of thiocarbonyl (C=S) groups is 1. The zero-order chi connectivity index (χ0) is 18.7. The Balaban J connectivity index is 1.60. The first-order chi connectivity index (χ1) is 12.4. The fourth-order valence-corrected chi connectivity index (χ4v) is 3.54. The average Bonchev–Trinajstić information content (AvgIpc) is 3.07. The normalized spacial score (nSPS) is 10.6. The molecule has 0 aliphatic heterocycles. The highest BCUT2D eigenvalue weighted by atomic mass is 79.9. The number of pyridine rings is 1. The van der Waals surface area contributed by atoms with Crippen LogP contribution in [0.2, 0.25) is 5.02 Å². The topological polar surface area (TPSA) is 50.1 Å². The van der Waals surface area contributed by atoms with Crippen LogP contribution in [0.4, 0.5) is 5.82 Å². The van der Waals surface area contributed by atoms with Crippen molar-refractivity contribution < 1.29 is 4.42 Å². The molecule has 3 aromatic rings. The Labute approximate surface area is 178 Å². The maximum absolute atomic E-state index is 5.91. The summed E-state index contributed by atoms with van der Waals surface area (Å²) in [6, 6.07) is 13.3. The number of nitrogens with one attached hydrogen (secondary N) is 2. The number of rotatable bonds is 4. The summed E-state index contributed by atoms with van der Waals surface area (Å²) in [4.78, 5) is 4.45. The van der Waals surface area contributed by atoms with E-state index < -0.39 is 0 Å². The molecule has 2 N–H and O–H groups in total. The summed E-state index contributed by atoms with van der Waals surface area (Å²) in [5, 5.41) is 7.35. The van der Waals surface area contributed by atoms with E-state index in [1.54, 1.807) is 0 Å². The molecule has 0 unspecified atom stereocenters. The molecule has 2 heterocycles. The highest BCUT2D eigenvalue weighted by Crippen LogP contribution is 2.26. The Hall–Kier alpha value is -1.41. The van der Waals surface area contributed by atoms with Gasteiger partial charge in [0.15, 0.2) is 5.11 Å². The van der Waals surface area contributed by atoms with E-state index in [0.717, 1.165) is 31.7 Å². The number of aryl methyl sites for hydroxylation is 1. The predicted molar refractivity (Wildman–Crippen MR) is 117 cm³/mol. The van der Waals surface area contributed by atoms with Crippen molar-refractivity contribution in [3.63, 3.8) is 0 Å². The lowest BCUT2D eigenvalue weighted by molar-refractivity contribution is 0.516. The van der Waals surface area contributed by atoms with E-state index in [4.69, 9.17) is 28.2 Å². The molecule has 0 bridgehead atoms. The molecule has 134 valence electrons. The van der Waals surface area contributed by atoms with E-state index in [1.807, 2.05) is 49.4 Å². The van der Waals surface area contributed by atoms with Crippen LogP contribution in [0.25, 0.3) is 11.3 Å². The van der Waals surface area contributed by atoms with Gasteiger partial charge in [0.2, 0.25) is 0 Å². The maximum Gasteiger partial charge on any atom is 0.172 e. The SMILES string of the molecule is Cc1nc(NC(=S)NCc2ccc(-c3ccc(Cl)cc3)o2)c(Br)cc1Br. The zero-order valence-corrected chi connectivity index (χ0v) is 18.4. The first-order valence-electron chi connectivity index (χ1n) is 7.64. The molecule has 0 aliphatic rings. The Bertz CT molecular complexity index is 944. The van der Waals surface area contributed by atoms with Crippen molar-refractivity contribution in [2.75, 3.05) is 5.32 Å². The maximum atomic E-state index is 5.91. The number of benzene rings is 1. The molecule has 0 radical (unpaired) electrons. The van der Waals surface area contributed by atoms with Crippen LogP contribution in [0.1, 0.15) is 11.5 Å². The van der Waals surface area contributed by atoms with Gasteiger partial charge < -0.3 is 15.1 Å². The van der Waals surface area contributed by atoms with E-state index in [9.17, 15) is 0 Å². The quantitative estimate of drug-likeness (QED) is 0.399. The summed E-state index contributed by atoms with van der Waals surface area (Å²) in [7, 11) is 0. The molecule has 0 spiro atoms. The van der Waals surface area contributed by atoms with Crippen molar-refractivity contribution in [3.05, 3.63) is 67.9 Å². The minimum absolute atomic E-state index is 0.462. The van der Waals surface area contributed by atoms with Crippen LogP contribution in [0.3, 0.4) is 0 Å². The lowest BCUT2D eigenvalue weighted by Gasteiger charge is -2.11. The molecule has 0 aliphatic carbocycles. The number of aromatic nitrogens is 1. The van der Waals surface area contributed by atoms with Crippen molar-refractivity contribution in [2.45, 2.75) is 13.5 Å². The van der Waals surface area contributed by atoms with E-state index in [1.165, 1.54) is 0 Å². The third kappa shape index (κ3) is 4.85. The Morgan fingerprint density at radius 1 is 1.15 bits per heavy atom. The van der Waals surface area contributed by atoms with Crippen LogP contribution in [-0.2, 0) is 6.54 Å². The van der Waals surface area contributed by atoms with Gasteiger partial charge in [0, 0.05) is 15.1 Å². The largest absolute Gasteiger partial charge is 0.459 e. The minimum atomic E-state index is 0.462. The molecule has 0 amide bonds. The predicted octanol–water partition coefficient (Wildman–Crippen LogP) is 6.32. The van der Waals surface area contributed by atoms with Crippen LogP contribution < -0.4 is 10.6 Å². The fourth-order valence-electron chi connectivity index (χ4n) is 2.21. The molecule has 0 saturated heterocycles. The van der Waals surface area contributed by atoms with Gasteiger partial charge in [-0.15, -0.1) is 0 Å². The Morgan fingerprint density at radius 3 is 2.62 bits per heavy atom. The second-order valence-corrected chi connectivity index (χ2v) is 8.02. The summed E-state index contributed by atoms with van der Waals surface area (Å²) in [5.41, 5.74) is 1.84.